The first-order valence-corrected chi connectivity index (χ1v) is 29.1. The largest absolute Gasteiger partial charge is 0.310 e. The van der Waals surface area contributed by atoms with Crippen molar-refractivity contribution < 1.29 is 0 Å². The number of nitrogens with zero attached hydrogens (tertiary/aromatic N) is 2. The smallest absolute Gasteiger partial charge is 0.0755 e. The van der Waals surface area contributed by atoms with E-state index in [1.165, 1.54) is 147 Å². The minimum absolute atomic E-state index is 0.539. The lowest BCUT2D eigenvalue weighted by atomic mass is 9.65. The van der Waals surface area contributed by atoms with E-state index in [2.05, 4.69) is 289 Å². The van der Waals surface area contributed by atoms with Gasteiger partial charge in [0, 0.05) is 48.0 Å². The third-order valence-corrected chi connectivity index (χ3v) is 20.2. The minimum Gasteiger partial charge on any atom is -0.310 e. The molecule has 0 fully saturated rings. The maximum atomic E-state index is 2.56. The first-order valence-electron chi connectivity index (χ1n) is 28.2. The highest BCUT2D eigenvalue weighted by molar-refractivity contribution is 7.26. The molecule has 0 radical (unpaired) electrons. The van der Waals surface area contributed by atoms with Crippen LogP contribution in [0.4, 0.5) is 17.1 Å². The van der Waals surface area contributed by atoms with Gasteiger partial charge >= 0.3 is 0 Å². The second-order valence-electron chi connectivity index (χ2n) is 22.5. The van der Waals surface area contributed by atoms with Gasteiger partial charge in [0.25, 0.3) is 0 Å². The first-order chi connectivity index (χ1) is 40.2. The summed E-state index contributed by atoms with van der Waals surface area (Å²) in [5, 5.41) is 7.72. The van der Waals surface area contributed by atoms with E-state index in [0.29, 0.717) is 0 Å². The Labute approximate surface area is 472 Å². The highest BCUT2D eigenvalue weighted by Gasteiger charge is 2.53. The number of fused-ring (bicyclic) bond motifs is 27. The van der Waals surface area contributed by atoms with Gasteiger partial charge in [0.1, 0.15) is 0 Å². The van der Waals surface area contributed by atoms with E-state index in [-0.39, 0.29) is 0 Å². The van der Waals surface area contributed by atoms with Crippen molar-refractivity contribution in [2.45, 2.75) is 10.8 Å². The van der Waals surface area contributed by atoms with Crippen LogP contribution < -0.4 is 4.90 Å². The standard InChI is InChI=1S/C78H46N2S/c1-2-18-52-47(17-1)37-44-67-74(52)62-43-41-51(46-70(62)77(67)63-27-8-3-19-54(63)55-20-4-9-28-64(55)77)79(49-38-35-48(36-39-49)53-24-15-26-61-59-23-7-14-34-73(59)81-76(53)61)50-40-42-57-56-21-5-10-29-65(56)78(69(57)45-50)66-30-11-13-33-72(66)80-71-32-12-6-22-58(71)60-25-16-31-68(78)75(60)80/h1-46H. The summed E-state index contributed by atoms with van der Waals surface area (Å²) in [6.07, 6.45) is 0. The van der Waals surface area contributed by atoms with Gasteiger partial charge in [0.15, 0.2) is 0 Å². The molecule has 374 valence electrons. The van der Waals surface area contributed by atoms with Gasteiger partial charge in [-0.3, -0.25) is 0 Å². The zero-order valence-electron chi connectivity index (χ0n) is 43.9. The molecule has 2 spiro atoms. The lowest BCUT2D eigenvalue weighted by Crippen LogP contribution is -2.33. The molecule has 2 aromatic heterocycles. The van der Waals surface area contributed by atoms with Crippen molar-refractivity contribution in [2.75, 3.05) is 4.90 Å². The van der Waals surface area contributed by atoms with Crippen LogP contribution in [-0.4, -0.2) is 4.57 Å². The Bertz CT molecular complexity index is 5220. The number of hydrogen-bond donors (Lipinski definition) is 0. The minimum atomic E-state index is -0.608. The van der Waals surface area contributed by atoms with E-state index < -0.39 is 10.8 Å². The Morgan fingerprint density at radius 1 is 0.309 bits per heavy atom. The number of rotatable bonds is 4. The molecule has 19 rings (SSSR count). The average molecular weight is 1040 g/mol. The SMILES string of the molecule is c1ccc2c(c1)-c1ccccc1C21c2cc(N(c3ccc(-c4cccc5c4sc4ccccc45)cc3)c3ccc4c(c3)C3(c5ccccc5-4)c4ccccc4-n4c5ccccc5c5cccc3c54)ccc2-c2c1ccc1ccccc21. The molecule has 3 aliphatic carbocycles. The number of anilines is 3. The van der Waals surface area contributed by atoms with E-state index in [4.69, 9.17) is 0 Å². The molecule has 0 amide bonds. The third-order valence-electron chi connectivity index (χ3n) is 19.0. The van der Waals surface area contributed by atoms with Crippen molar-refractivity contribution >= 4 is 81.1 Å². The van der Waals surface area contributed by atoms with Crippen LogP contribution in [0.2, 0.25) is 0 Å². The van der Waals surface area contributed by atoms with Gasteiger partial charge in [0.2, 0.25) is 0 Å². The maximum Gasteiger partial charge on any atom is 0.0755 e. The summed E-state index contributed by atoms with van der Waals surface area (Å²) < 4.78 is 5.18. The molecule has 13 aromatic carbocycles. The van der Waals surface area contributed by atoms with Crippen LogP contribution in [0.25, 0.3) is 103 Å². The highest BCUT2D eigenvalue weighted by atomic mass is 32.1. The van der Waals surface area contributed by atoms with E-state index in [1.54, 1.807) is 0 Å². The fourth-order valence-corrected chi connectivity index (χ4v) is 17.2. The maximum absolute atomic E-state index is 2.56. The van der Waals surface area contributed by atoms with Gasteiger partial charge in [-0.25, -0.2) is 0 Å². The number of hydrogen-bond acceptors (Lipinski definition) is 2. The monoisotopic (exact) mass is 1040 g/mol. The van der Waals surface area contributed by atoms with Crippen molar-refractivity contribution in [3.05, 3.63) is 324 Å². The quantitative estimate of drug-likeness (QED) is 0.171. The fourth-order valence-electron chi connectivity index (χ4n) is 15.9. The van der Waals surface area contributed by atoms with Gasteiger partial charge in [-0.05, 0) is 154 Å². The summed E-state index contributed by atoms with van der Waals surface area (Å²) in [6.45, 7) is 0. The second kappa shape index (κ2) is 15.8. The number of benzene rings is 13. The van der Waals surface area contributed by atoms with E-state index in [9.17, 15) is 0 Å². The van der Waals surface area contributed by atoms with Crippen molar-refractivity contribution in [3.63, 3.8) is 0 Å². The van der Waals surface area contributed by atoms with Gasteiger partial charge in [-0.2, -0.15) is 0 Å². The van der Waals surface area contributed by atoms with Crippen molar-refractivity contribution in [2.24, 2.45) is 0 Å². The Hall–Kier alpha value is -10.1. The van der Waals surface area contributed by atoms with E-state index >= 15 is 0 Å². The Kier molecular flexibility index (Phi) is 8.57. The molecule has 0 N–H and O–H groups in total. The van der Waals surface area contributed by atoms with Gasteiger partial charge in [0.05, 0.1) is 27.6 Å². The topological polar surface area (TPSA) is 8.17 Å². The summed E-state index contributed by atoms with van der Waals surface area (Å²) in [7, 11) is 0. The van der Waals surface area contributed by atoms with Crippen molar-refractivity contribution in [1.29, 1.82) is 0 Å². The highest BCUT2D eigenvalue weighted by Crippen LogP contribution is 2.66. The van der Waals surface area contributed by atoms with Crippen LogP contribution in [0, 0.1) is 0 Å². The normalized spacial score (nSPS) is 15.3. The Balaban J connectivity index is 0.888. The fraction of sp³-hybridized carbons (Fsp3) is 0.0256. The molecule has 15 aromatic rings. The van der Waals surface area contributed by atoms with Crippen LogP contribution in [0.3, 0.4) is 0 Å². The molecule has 3 heteroatoms. The molecule has 1 aliphatic heterocycles. The molecule has 1 unspecified atom stereocenters. The number of para-hydroxylation sites is 3. The molecular formula is C78H46N2S. The first kappa shape index (κ1) is 43.9. The van der Waals surface area contributed by atoms with Crippen LogP contribution in [0.5, 0.6) is 0 Å². The molecule has 2 nitrogen and oxygen atoms in total. The molecule has 3 heterocycles. The predicted molar refractivity (Wildman–Crippen MR) is 338 cm³/mol. The van der Waals surface area contributed by atoms with Crippen molar-refractivity contribution in [1.82, 2.24) is 4.57 Å². The van der Waals surface area contributed by atoms with E-state index in [0.717, 1.165) is 17.1 Å². The van der Waals surface area contributed by atoms with Gasteiger partial charge in [-0.15, -0.1) is 11.3 Å². The summed E-state index contributed by atoms with van der Waals surface area (Å²) in [5.41, 5.74) is 26.7. The average Bonchev–Trinajstić information content (AvgIpc) is 4.07. The predicted octanol–water partition coefficient (Wildman–Crippen LogP) is 20.5. The van der Waals surface area contributed by atoms with Crippen LogP contribution >= 0.6 is 11.3 Å². The summed E-state index contributed by atoms with van der Waals surface area (Å²) >= 11 is 1.89. The summed E-state index contributed by atoms with van der Waals surface area (Å²) in [6, 6.07) is 106. The molecule has 0 saturated carbocycles. The van der Waals surface area contributed by atoms with Gasteiger partial charge in [-0.1, -0.05) is 224 Å². The van der Waals surface area contributed by atoms with Crippen LogP contribution in [0.1, 0.15) is 44.5 Å². The lowest BCUT2D eigenvalue weighted by Gasteiger charge is -2.40. The van der Waals surface area contributed by atoms with E-state index in [1.807, 2.05) is 11.3 Å². The van der Waals surface area contributed by atoms with Crippen LogP contribution in [-0.2, 0) is 10.8 Å². The Morgan fingerprint density at radius 3 is 1.58 bits per heavy atom. The molecule has 1 atom stereocenters. The Morgan fingerprint density at radius 2 is 0.827 bits per heavy atom. The zero-order valence-corrected chi connectivity index (χ0v) is 44.7. The molecule has 81 heavy (non-hydrogen) atoms. The second-order valence-corrected chi connectivity index (χ2v) is 23.6. The molecule has 0 saturated heterocycles. The number of aromatic nitrogens is 1. The molecular weight excluding hydrogens is 997 g/mol. The third kappa shape index (κ3) is 5.43. The number of thiophene rings is 1. The van der Waals surface area contributed by atoms with Gasteiger partial charge < -0.3 is 9.47 Å². The molecule has 4 aliphatic rings. The summed E-state index contributed by atoms with van der Waals surface area (Å²) in [4.78, 5) is 2.55. The van der Waals surface area contributed by atoms with Crippen molar-refractivity contribution in [3.8, 4) is 50.2 Å². The van der Waals surface area contributed by atoms with Crippen LogP contribution in [0.15, 0.2) is 279 Å². The lowest BCUT2D eigenvalue weighted by molar-refractivity contribution is 0.748. The molecule has 0 bridgehead atoms. The zero-order chi connectivity index (χ0) is 52.7. The summed E-state index contributed by atoms with van der Waals surface area (Å²) in [5.74, 6) is 0.